The lowest BCUT2D eigenvalue weighted by molar-refractivity contribution is 0.00578. The van der Waals surface area contributed by atoms with Crippen molar-refractivity contribution in [1.29, 1.82) is 0 Å². The number of carbonyl (C=O) groups is 1. The molecular weight excluding hydrogens is 327 g/mol. The topological polar surface area (TPSA) is 68.8 Å². The second kappa shape index (κ2) is 5.86. The fourth-order valence-corrected chi connectivity index (χ4v) is 2.76. The molecule has 1 atom stereocenters. The minimum absolute atomic E-state index is 0.232. The van der Waals surface area contributed by atoms with E-state index in [1.807, 2.05) is 52.0 Å². The van der Waals surface area contributed by atoms with Crippen LogP contribution in [0.15, 0.2) is 24.3 Å². The molecule has 2 aliphatic rings. The molecule has 0 saturated carbocycles. The maximum atomic E-state index is 11.2. The molecule has 1 aromatic carbocycles. The number of hydrogen-bond acceptors (Lipinski definition) is 5. The highest BCUT2D eigenvalue weighted by Gasteiger charge is 2.51. The minimum atomic E-state index is -0.693. The summed E-state index contributed by atoms with van der Waals surface area (Å²) in [4.78, 5) is 10.5. The van der Waals surface area contributed by atoms with Crippen molar-refractivity contribution in [2.45, 2.75) is 43.8 Å². The van der Waals surface area contributed by atoms with Gasteiger partial charge in [0.05, 0.1) is 17.7 Å². The van der Waals surface area contributed by atoms with Gasteiger partial charge in [-0.15, -0.1) is 12.6 Å². The van der Waals surface area contributed by atoms with Crippen molar-refractivity contribution in [1.82, 2.24) is 10.6 Å². The molecule has 130 valence electrons. The van der Waals surface area contributed by atoms with Gasteiger partial charge in [0, 0.05) is 0 Å². The number of ether oxygens (including phenoxy) is 1. The summed E-state index contributed by atoms with van der Waals surface area (Å²) in [5.41, 5.74) is 0.218. The van der Waals surface area contributed by atoms with E-state index in [0.717, 1.165) is 5.46 Å². The number of rotatable bonds is 4. The highest BCUT2D eigenvalue weighted by Crippen LogP contribution is 2.36. The summed E-state index contributed by atoms with van der Waals surface area (Å²) in [6.45, 7) is 8.80. The van der Waals surface area contributed by atoms with Crippen LogP contribution in [0.4, 0.5) is 4.79 Å². The molecule has 3 rings (SSSR count). The molecule has 24 heavy (non-hydrogen) atoms. The van der Waals surface area contributed by atoms with Crippen molar-refractivity contribution in [2.75, 3.05) is 13.2 Å². The Morgan fingerprint density at radius 1 is 1.17 bits per heavy atom. The van der Waals surface area contributed by atoms with Gasteiger partial charge >= 0.3 is 13.1 Å². The first-order valence-electron chi connectivity index (χ1n) is 7.97. The Morgan fingerprint density at radius 3 is 2.25 bits per heavy atom. The largest absolute Gasteiger partial charge is 0.494 e. The lowest BCUT2D eigenvalue weighted by Gasteiger charge is -2.32. The number of nitrogens with one attached hydrogen (secondary N) is 2. The van der Waals surface area contributed by atoms with Crippen molar-refractivity contribution in [3.63, 3.8) is 0 Å². The lowest BCUT2D eigenvalue weighted by Crippen LogP contribution is -2.43. The van der Waals surface area contributed by atoms with Gasteiger partial charge < -0.3 is 24.7 Å². The third-order valence-electron chi connectivity index (χ3n) is 4.77. The second-order valence-electron chi connectivity index (χ2n) is 7.29. The highest BCUT2D eigenvalue weighted by atomic mass is 32.1. The van der Waals surface area contributed by atoms with E-state index in [9.17, 15) is 4.79 Å². The van der Waals surface area contributed by atoms with E-state index in [4.69, 9.17) is 14.0 Å². The van der Waals surface area contributed by atoms with Crippen molar-refractivity contribution >= 4 is 31.2 Å². The Hall–Kier alpha value is -1.38. The first-order chi connectivity index (χ1) is 11.1. The number of benzene rings is 1. The molecule has 2 aliphatic heterocycles. The zero-order chi connectivity index (χ0) is 17.6. The molecular formula is C16H23BN2O4S. The van der Waals surface area contributed by atoms with Gasteiger partial charge in [-0.25, -0.2) is 4.79 Å². The molecule has 2 N–H and O–H groups in total. The summed E-state index contributed by atoms with van der Waals surface area (Å²) >= 11 is 4.44. The second-order valence-corrected chi connectivity index (χ2v) is 8.14. The molecule has 8 heteroatoms. The molecule has 2 heterocycles. The van der Waals surface area contributed by atoms with Crippen LogP contribution in [0.3, 0.4) is 0 Å². The lowest BCUT2D eigenvalue weighted by atomic mass is 9.79. The summed E-state index contributed by atoms with van der Waals surface area (Å²) in [5.74, 6) is 0.699. The van der Waals surface area contributed by atoms with Crippen LogP contribution in [0.5, 0.6) is 5.75 Å². The van der Waals surface area contributed by atoms with Crippen LogP contribution in [0.2, 0.25) is 0 Å². The van der Waals surface area contributed by atoms with Gasteiger partial charge in [-0.3, -0.25) is 0 Å². The van der Waals surface area contributed by atoms with E-state index >= 15 is 0 Å². The van der Waals surface area contributed by atoms with Crippen molar-refractivity contribution < 1.29 is 18.8 Å². The normalized spacial score (nSPS) is 27.7. The zero-order valence-corrected chi connectivity index (χ0v) is 15.3. The predicted molar refractivity (Wildman–Crippen MR) is 95.9 cm³/mol. The maximum absolute atomic E-state index is 11.2. The molecule has 0 bridgehead atoms. The summed E-state index contributed by atoms with van der Waals surface area (Å²) < 4.78 is 17.8. The zero-order valence-electron chi connectivity index (χ0n) is 14.4. The molecule has 0 aromatic heterocycles. The Balaban J connectivity index is 1.61. The third-order valence-corrected chi connectivity index (χ3v) is 5.17. The third kappa shape index (κ3) is 3.36. The number of amides is 2. The first kappa shape index (κ1) is 17.4. The summed E-state index contributed by atoms with van der Waals surface area (Å²) in [6, 6.07) is 7.34. The maximum Gasteiger partial charge on any atom is 0.494 e. The molecule has 2 amide bonds. The van der Waals surface area contributed by atoms with Crippen molar-refractivity contribution in [2.24, 2.45) is 0 Å². The molecule has 0 unspecified atom stereocenters. The van der Waals surface area contributed by atoms with Gasteiger partial charge in [-0.2, -0.15) is 0 Å². The SMILES string of the molecule is CC1(C)OB(c2ccc(OC[C@]3(S)CNC(=O)N3)cc2)OC1(C)C. The monoisotopic (exact) mass is 350 g/mol. The summed E-state index contributed by atoms with van der Waals surface area (Å²) in [5, 5.41) is 5.39. The van der Waals surface area contributed by atoms with Gasteiger partial charge in [0.25, 0.3) is 0 Å². The van der Waals surface area contributed by atoms with Crippen LogP contribution in [0.25, 0.3) is 0 Å². The van der Waals surface area contributed by atoms with E-state index in [1.165, 1.54) is 0 Å². The molecule has 0 radical (unpaired) electrons. The molecule has 2 saturated heterocycles. The average molecular weight is 350 g/mol. The number of urea groups is 1. The molecule has 0 aliphatic carbocycles. The van der Waals surface area contributed by atoms with Gasteiger partial charge in [-0.1, -0.05) is 12.1 Å². The Bertz CT molecular complexity index is 621. The standard InChI is InChI=1S/C16H23BN2O4S/c1-14(2)15(3,4)23-17(22-14)11-5-7-12(8-6-11)21-10-16(24)9-18-13(20)19-16/h5-8,24H,9-10H2,1-4H3,(H2,18,19,20)/t16-/m1/s1. The van der Waals surface area contributed by atoms with Gasteiger partial charge in [-0.05, 0) is 45.3 Å². The quantitative estimate of drug-likeness (QED) is 0.566. The van der Waals surface area contributed by atoms with E-state index < -0.39 is 12.0 Å². The highest BCUT2D eigenvalue weighted by molar-refractivity contribution is 7.81. The van der Waals surface area contributed by atoms with E-state index in [2.05, 4.69) is 23.3 Å². The van der Waals surface area contributed by atoms with Crippen molar-refractivity contribution in [3.8, 4) is 5.75 Å². The fourth-order valence-electron chi connectivity index (χ4n) is 2.52. The van der Waals surface area contributed by atoms with Crippen molar-refractivity contribution in [3.05, 3.63) is 24.3 Å². The number of hydrogen-bond donors (Lipinski definition) is 3. The van der Waals surface area contributed by atoms with Crippen LogP contribution in [0.1, 0.15) is 27.7 Å². The van der Waals surface area contributed by atoms with E-state index in [1.54, 1.807) is 0 Å². The Kier molecular flexibility index (Phi) is 4.26. The summed E-state index contributed by atoms with van der Waals surface area (Å²) in [7, 11) is -0.390. The van der Waals surface area contributed by atoms with Crippen LogP contribution in [0, 0.1) is 0 Å². The summed E-state index contributed by atoms with van der Waals surface area (Å²) in [6.07, 6.45) is 0. The molecule has 2 fully saturated rings. The van der Waals surface area contributed by atoms with Gasteiger partial charge in [0.2, 0.25) is 0 Å². The van der Waals surface area contributed by atoms with Crippen LogP contribution in [-0.4, -0.2) is 42.4 Å². The van der Waals surface area contributed by atoms with E-state index in [-0.39, 0.29) is 23.8 Å². The first-order valence-corrected chi connectivity index (χ1v) is 8.42. The molecule has 6 nitrogen and oxygen atoms in total. The fraction of sp³-hybridized carbons (Fsp3) is 0.562. The number of carbonyl (C=O) groups excluding carboxylic acids is 1. The van der Waals surface area contributed by atoms with Crippen LogP contribution >= 0.6 is 12.6 Å². The molecule has 0 spiro atoms. The smallest absolute Gasteiger partial charge is 0.490 e. The van der Waals surface area contributed by atoms with E-state index in [0.29, 0.717) is 12.3 Å². The van der Waals surface area contributed by atoms with Gasteiger partial charge in [0.15, 0.2) is 0 Å². The number of thiol groups is 1. The molecule has 1 aromatic rings. The van der Waals surface area contributed by atoms with Crippen LogP contribution in [-0.2, 0) is 9.31 Å². The Morgan fingerprint density at radius 2 is 1.75 bits per heavy atom. The Labute approximate surface area is 148 Å². The van der Waals surface area contributed by atoms with Gasteiger partial charge in [0.1, 0.15) is 17.2 Å². The predicted octanol–water partition coefficient (Wildman–Crippen LogP) is 1.30. The average Bonchev–Trinajstić information content (AvgIpc) is 2.94. The van der Waals surface area contributed by atoms with Crippen LogP contribution < -0.4 is 20.8 Å². The minimum Gasteiger partial charge on any atom is -0.490 e.